The van der Waals surface area contributed by atoms with Gasteiger partial charge in [0.1, 0.15) is 12.1 Å². The Morgan fingerprint density at radius 1 is 1.17 bits per heavy atom. The maximum Gasteiger partial charge on any atom is 0.246 e. The molecule has 0 radical (unpaired) electrons. The van der Waals surface area contributed by atoms with Crippen LogP contribution in [0.5, 0.6) is 0 Å². The zero-order chi connectivity index (χ0) is 17.4. The maximum atomic E-state index is 12.6. The lowest BCUT2D eigenvalue weighted by atomic mass is 9.96. The maximum absolute atomic E-state index is 12.6. The summed E-state index contributed by atoms with van der Waals surface area (Å²) in [7, 11) is 0. The van der Waals surface area contributed by atoms with Crippen LogP contribution in [0.3, 0.4) is 0 Å². The Morgan fingerprint density at radius 2 is 1.92 bits per heavy atom. The van der Waals surface area contributed by atoms with Crippen molar-refractivity contribution in [2.24, 2.45) is 5.92 Å². The number of hydrogen-bond acceptors (Lipinski definition) is 3. The Labute approximate surface area is 144 Å². The molecule has 24 heavy (non-hydrogen) atoms. The van der Waals surface area contributed by atoms with E-state index in [1.807, 2.05) is 13.8 Å². The van der Waals surface area contributed by atoms with Gasteiger partial charge in [0, 0.05) is 26.2 Å². The number of fused-ring (bicyclic) bond motifs is 1. The van der Waals surface area contributed by atoms with Crippen LogP contribution in [0.2, 0.25) is 0 Å². The van der Waals surface area contributed by atoms with E-state index < -0.39 is 0 Å². The smallest absolute Gasteiger partial charge is 0.246 e. The number of carbonyl (C=O) groups is 2. The van der Waals surface area contributed by atoms with Crippen LogP contribution in [0.15, 0.2) is 18.2 Å². The minimum Gasteiger partial charge on any atom is -0.342 e. The van der Waals surface area contributed by atoms with E-state index in [-0.39, 0.29) is 29.8 Å². The van der Waals surface area contributed by atoms with E-state index in [9.17, 15) is 9.59 Å². The molecule has 0 bridgehead atoms. The summed E-state index contributed by atoms with van der Waals surface area (Å²) in [5, 5.41) is 2.91. The highest BCUT2D eigenvalue weighted by molar-refractivity contribution is 5.97. The SMILES string of the molecule is Cc1ccc(CN2CCN3C(=O)[C@H](C(C)C)NC(=O)[C@H]3C2)cc1C. The van der Waals surface area contributed by atoms with Gasteiger partial charge in [-0.3, -0.25) is 14.5 Å². The van der Waals surface area contributed by atoms with Crippen LogP contribution in [-0.4, -0.2) is 53.3 Å². The lowest BCUT2D eigenvalue weighted by molar-refractivity contribution is -0.154. The highest BCUT2D eigenvalue weighted by Gasteiger charge is 2.44. The van der Waals surface area contributed by atoms with Crippen LogP contribution in [0.1, 0.15) is 30.5 Å². The number of rotatable bonds is 3. The Bertz CT molecular complexity index is 656. The molecule has 1 aromatic rings. The molecule has 2 saturated heterocycles. The van der Waals surface area contributed by atoms with Gasteiger partial charge in [-0.25, -0.2) is 0 Å². The van der Waals surface area contributed by atoms with Crippen LogP contribution in [-0.2, 0) is 16.1 Å². The van der Waals surface area contributed by atoms with E-state index in [2.05, 4.69) is 42.3 Å². The molecule has 0 spiro atoms. The highest BCUT2D eigenvalue weighted by atomic mass is 16.2. The van der Waals surface area contributed by atoms with Crippen molar-refractivity contribution in [2.75, 3.05) is 19.6 Å². The monoisotopic (exact) mass is 329 g/mol. The van der Waals surface area contributed by atoms with E-state index in [1.165, 1.54) is 16.7 Å². The fourth-order valence-electron chi connectivity index (χ4n) is 3.57. The van der Waals surface area contributed by atoms with Crippen molar-refractivity contribution in [3.63, 3.8) is 0 Å². The van der Waals surface area contributed by atoms with Gasteiger partial charge in [-0.2, -0.15) is 0 Å². The Kier molecular flexibility index (Phi) is 4.63. The van der Waals surface area contributed by atoms with Gasteiger partial charge < -0.3 is 10.2 Å². The van der Waals surface area contributed by atoms with Crippen molar-refractivity contribution in [1.29, 1.82) is 0 Å². The summed E-state index contributed by atoms with van der Waals surface area (Å²) in [5.74, 6) is 0.175. The molecule has 0 aromatic heterocycles. The molecule has 0 unspecified atom stereocenters. The summed E-state index contributed by atoms with van der Waals surface area (Å²) < 4.78 is 0. The van der Waals surface area contributed by atoms with Crippen LogP contribution in [0, 0.1) is 19.8 Å². The van der Waals surface area contributed by atoms with Gasteiger partial charge in [-0.05, 0) is 36.5 Å². The van der Waals surface area contributed by atoms with Gasteiger partial charge in [0.2, 0.25) is 11.8 Å². The van der Waals surface area contributed by atoms with E-state index in [1.54, 1.807) is 4.90 Å². The van der Waals surface area contributed by atoms with Gasteiger partial charge in [0.05, 0.1) is 0 Å². The van der Waals surface area contributed by atoms with Crippen molar-refractivity contribution in [2.45, 2.75) is 46.3 Å². The average Bonchev–Trinajstić information content (AvgIpc) is 2.54. The van der Waals surface area contributed by atoms with E-state index >= 15 is 0 Å². The second-order valence-electron chi connectivity index (χ2n) is 7.43. The fourth-order valence-corrected chi connectivity index (χ4v) is 3.57. The third-order valence-electron chi connectivity index (χ3n) is 5.26. The molecule has 3 rings (SSSR count). The van der Waals surface area contributed by atoms with Crippen molar-refractivity contribution in [3.8, 4) is 0 Å². The fraction of sp³-hybridized carbons (Fsp3) is 0.579. The van der Waals surface area contributed by atoms with E-state index in [0.29, 0.717) is 13.1 Å². The Hall–Kier alpha value is -1.88. The lowest BCUT2D eigenvalue weighted by Crippen LogP contribution is -2.70. The number of hydrogen-bond donors (Lipinski definition) is 1. The molecule has 2 aliphatic rings. The number of nitrogens with one attached hydrogen (secondary N) is 1. The molecular weight excluding hydrogens is 302 g/mol. The minimum atomic E-state index is -0.375. The molecule has 2 atom stereocenters. The van der Waals surface area contributed by atoms with E-state index in [0.717, 1.165) is 13.1 Å². The minimum absolute atomic E-state index is 0.0157. The number of nitrogens with zero attached hydrogens (tertiary/aromatic N) is 2. The van der Waals surface area contributed by atoms with Gasteiger partial charge in [-0.1, -0.05) is 32.0 Å². The summed E-state index contributed by atoms with van der Waals surface area (Å²) in [6.45, 7) is 11.0. The number of piperazine rings is 2. The zero-order valence-electron chi connectivity index (χ0n) is 15.0. The molecule has 2 amide bonds. The first-order valence-corrected chi connectivity index (χ1v) is 8.76. The van der Waals surface area contributed by atoms with Crippen LogP contribution in [0.25, 0.3) is 0 Å². The van der Waals surface area contributed by atoms with Gasteiger partial charge >= 0.3 is 0 Å². The predicted molar refractivity (Wildman–Crippen MR) is 93.5 cm³/mol. The van der Waals surface area contributed by atoms with Crippen LogP contribution in [0.4, 0.5) is 0 Å². The molecule has 2 fully saturated rings. The van der Waals surface area contributed by atoms with Crippen molar-refractivity contribution >= 4 is 11.8 Å². The Morgan fingerprint density at radius 3 is 2.58 bits per heavy atom. The molecule has 5 nitrogen and oxygen atoms in total. The molecule has 130 valence electrons. The average molecular weight is 329 g/mol. The second kappa shape index (κ2) is 6.55. The van der Waals surface area contributed by atoms with Crippen LogP contribution >= 0.6 is 0 Å². The largest absolute Gasteiger partial charge is 0.342 e. The number of benzene rings is 1. The highest BCUT2D eigenvalue weighted by Crippen LogP contribution is 2.21. The summed E-state index contributed by atoms with van der Waals surface area (Å²) in [5.41, 5.74) is 3.84. The molecule has 2 heterocycles. The lowest BCUT2D eigenvalue weighted by Gasteiger charge is -2.46. The Balaban J connectivity index is 1.69. The molecule has 0 saturated carbocycles. The topological polar surface area (TPSA) is 52.6 Å². The van der Waals surface area contributed by atoms with Gasteiger partial charge in [0.25, 0.3) is 0 Å². The third kappa shape index (κ3) is 3.18. The quantitative estimate of drug-likeness (QED) is 0.914. The molecule has 2 aliphatic heterocycles. The third-order valence-corrected chi connectivity index (χ3v) is 5.26. The second-order valence-corrected chi connectivity index (χ2v) is 7.43. The molecule has 1 N–H and O–H groups in total. The predicted octanol–water partition coefficient (Wildman–Crippen LogP) is 1.47. The summed E-state index contributed by atoms with van der Waals surface area (Å²) >= 11 is 0. The first-order chi connectivity index (χ1) is 11.4. The summed E-state index contributed by atoms with van der Waals surface area (Å²) in [6.07, 6.45) is 0. The number of carbonyl (C=O) groups excluding carboxylic acids is 2. The summed E-state index contributed by atoms with van der Waals surface area (Å²) in [4.78, 5) is 29.1. The zero-order valence-corrected chi connectivity index (χ0v) is 15.0. The first kappa shape index (κ1) is 17.0. The number of amides is 2. The van der Waals surface area contributed by atoms with E-state index in [4.69, 9.17) is 0 Å². The van der Waals surface area contributed by atoms with Crippen molar-refractivity contribution in [3.05, 3.63) is 34.9 Å². The van der Waals surface area contributed by atoms with Crippen molar-refractivity contribution in [1.82, 2.24) is 15.1 Å². The van der Waals surface area contributed by atoms with Gasteiger partial charge in [0.15, 0.2) is 0 Å². The number of aryl methyl sites for hydroxylation is 2. The molecule has 0 aliphatic carbocycles. The van der Waals surface area contributed by atoms with Gasteiger partial charge in [-0.15, -0.1) is 0 Å². The van der Waals surface area contributed by atoms with Crippen LogP contribution < -0.4 is 5.32 Å². The normalized spacial score (nSPS) is 25.0. The van der Waals surface area contributed by atoms with Crippen molar-refractivity contribution < 1.29 is 9.59 Å². The summed E-state index contributed by atoms with van der Waals surface area (Å²) in [6, 6.07) is 5.77. The standard InChI is InChI=1S/C19H27N3O2/c1-12(2)17-19(24)22-8-7-21(11-16(22)18(23)20-17)10-15-6-5-13(3)14(4)9-15/h5-6,9,12,16-17H,7-8,10-11H2,1-4H3,(H,20,23)/t16-,17+/m1/s1. The molecule has 1 aromatic carbocycles. The molecule has 5 heteroatoms. The first-order valence-electron chi connectivity index (χ1n) is 8.76. The molecular formula is C19H27N3O2.